The second-order valence-electron chi connectivity index (χ2n) is 4.11. The highest BCUT2D eigenvalue weighted by atomic mass is 15.8. The van der Waals surface area contributed by atoms with Crippen molar-refractivity contribution in [2.75, 3.05) is 6.54 Å². The van der Waals surface area contributed by atoms with Crippen LogP contribution in [-0.2, 0) is 0 Å². The molecule has 5 nitrogen and oxygen atoms in total. The minimum atomic E-state index is -0.105. The van der Waals surface area contributed by atoms with Gasteiger partial charge in [0.15, 0.2) is 0 Å². The highest BCUT2D eigenvalue weighted by molar-refractivity contribution is 5.29. The summed E-state index contributed by atoms with van der Waals surface area (Å²) in [6, 6.07) is 3.99. The second kappa shape index (κ2) is 4.29. The first-order valence-corrected chi connectivity index (χ1v) is 5.66. The average molecular weight is 229 g/mol. The van der Waals surface area contributed by atoms with Crippen molar-refractivity contribution in [3.63, 3.8) is 0 Å². The minimum Gasteiger partial charge on any atom is -0.387 e. The van der Waals surface area contributed by atoms with Crippen LogP contribution >= 0.6 is 0 Å². The molecule has 2 aliphatic rings. The molecule has 0 bridgehead atoms. The quantitative estimate of drug-likeness (QED) is 0.647. The first kappa shape index (κ1) is 10.5. The number of dihydropyridines is 1. The Bertz CT molecular complexity index is 453. The van der Waals surface area contributed by atoms with Crippen molar-refractivity contribution < 1.29 is 0 Å². The van der Waals surface area contributed by atoms with Crippen LogP contribution in [0.2, 0.25) is 0 Å². The van der Waals surface area contributed by atoms with Gasteiger partial charge in [0.05, 0.1) is 6.17 Å². The SMILES string of the molecule is NC(C1=CCNC=C1)N1NC1c1ccncc1. The van der Waals surface area contributed by atoms with E-state index in [1.165, 1.54) is 5.56 Å². The van der Waals surface area contributed by atoms with Crippen LogP contribution in [-0.4, -0.2) is 22.7 Å². The van der Waals surface area contributed by atoms with Gasteiger partial charge in [-0.15, -0.1) is 0 Å². The van der Waals surface area contributed by atoms with Gasteiger partial charge in [-0.1, -0.05) is 6.08 Å². The molecule has 1 fully saturated rings. The van der Waals surface area contributed by atoms with Gasteiger partial charge in [0, 0.05) is 18.9 Å². The van der Waals surface area contributed by atoms with E-state index >= 15 is 0 Å². The number of rotatable bonds is 3. The van der Waals surface area contributed by atoms with Crippen molar-refractivity contribution in [3.8, 4) is 0 Å². The van der Waals surface area contributed by atoms with Gasteiger partial charge in [0.2, 0.25) is 0 Å². The molecule has 17 heavy (non-hydrogen) atoms. The zero-order valence-corrected chi connectivity index (χ0v) is 9.38. The predicted molar refractivity (Wildman–Crippen MR) is 65.2 cm³/mol. The Hall–Kier alpha value is -1.69. The molecule has 0 aliphatic carbocycles. The fraction of sp³-hybridized carbons (Fsp3) is 0.250. The number of nitrogens with zero attached hydrogens (tertiary/aromatic N) is 2. The molecular formula is C12H15N5. The van der Waals surface area contributed by atoms with Crippen LogP contribution in [0.3, 0.4) is 0 Å². The lowest BCUT2D eigenvalue weighted by Gasteiger charge is -2.16. The molecule has 0 amide bonds. The van der Waals surface area contributed by atoms with Crippen LogP contribution in [0.4, 0.5) is 0 Å². The second-order valence-corrected chi connectivity index (χ2v) is 4.11. The van der Waals surface area contributed by atoms with Crippen LogP contribution in [0, 0.1) is 0 Å². The lowest BCUT2D eigenvalue weighted by atomic mass is 10.1. The molecule has 3 atom stereocenters. The van der Waals surface area contributed by atoms with Gasteiger partial charge < -0.3 is 11.1 Å². The van der Waals surface area contributed by atoms with Crippen molar-refractivity contribution in [2.24, 2.45) is 5.73 Å². The molecule has 0 spiro atoms. The van der Waals surface area contributed by atoms with Crippen LogP contribution < -0.4 is 16.5 Å². The Kier molecular flexibility index (Phi) is 2.64. The molecule has 3 heterocycles. The molecular weight excluding hydrogens is 214 g/mol. The molecule has 2 aliphatic heterocycles. The zero-order valence-electron chi connectivity index (χ0n) is 9.38. The molecule has 88 valence electrons. The Labute approximate surface area is 100.0 Å². The fourth-order valence-electron chi connectivity index (χ4n) is 1.98. The van der Waals surface area contributed by atoms with Gasteiger partial charge in [-0.25, -0.2) is 5.43 Å². The van der Waals surface area contributed by atoms with E-state index in [4.69, 9.17) is 5.73 Å². The summed E-state index contributed by atoms with van der Waals surface area (Å²) in [5, 5.41) is 5.15. The van der Waals surface area contributed by atoms with Gasteiger partial charge >= 0.3 is 0 Å². The zero-order chi connectivity index (χ0) is 11.7. The van der Waals surface area contributed by atoms with Crippen molar-refractivity contribution >= 4 is 0 Å². The number of hydrogen-bond donors (Lipinski definition) is 3. The third-order valence-corrected chi connectivity index (χ3v) is 2.99. The summed E-state index contributed by atoms with van der Waals surface area (Å²) in [4.78, 5) is 4.01. The number of nitrogens with one attached hydrogen (secondary N) is 2. The molecule has 1 aromatic heterocycles. The number of pyridine rings is 1. The smallest absolute Gasteiger partial charge is 0.114 e. The first-order valence-electron chi connectivity index (χ1n) is 5.66. The van der Waals surface area contributed by atoms with Gasteiger partial charge in [-0.3, -0.25) is 4.98 Å². The first-order chi connectivity index (χ1) is 8.36. The molecule has 1 saturated heterocycles. The molecule has 3 unspecified atom stereocenters. The standard InChI is InChI=1S/C12H15N5/c13-11(9-1-5-14-6-2-9)17-12(16-17)10-3-7-15-8-4-10/h1-5,7-8,11-12,14,16H,6,13H2. The Balaban J connectivity index is 1.68. The number of aromatic nitrogens is 1. The summed E-state index contributed by atoms with van der Waals surface area (Å²) in [7, 11) is 0. The van der Waals surface area contributed by atoms with Gasteiger partial charge in [0.25, 0.3) is 0 Å². The number of hydrogen-bond acceptors (Lipinski definition) is 5. The van der Waals surface area contributed by atoms with Crippen molar-refractivity contribution in [1.82, 2.24) is 20.7 Å². The van der Waals surface area contributed by atoms with E-state index < -0.39 is 0 Å². The van der Waals surface area contributed by atoms with Crippen LogP contribution in [0.5, 0.6) is 0 Å². The lowest BCUT2D eigenvalue weighted by molar-refractivity contribution is 0.405. The summed E-state index contributed by atoms with van der Waals surface area (Å²) in [5.41, 5.74) is 11.8. The Morgan fingerprint density at radius 1 is 1.41 bits per heavy atom. The summed E-state index contributed by atoms with van der Waals surface area (Å²) in [5.74, 6) is 0. The average Bonchev–Trinajstić information content (AvgIpc) is 3.20. The monoisotopic (exact) mass is 229 g/mol. The highest BCUT2D eigenvalue weighted by Crippen LogP contribution is 2.30. The number of hydrazine groups is 1. The van der Waals surface area contributed by atoms with Crippen LogP contribution in [0.15, 0.2) is 48.5 Å². The normalized spacial score (nSPS) is 28.2. The van der Waals surface area contributed by atoms with Crippen LogP contribution in [0.1, 0.15) is 11.7 Å². The maximum atomic E-state index is 6.18. The third-order valence-electron chi connectivity index (χ3n) is 2.99. The lowest BCUT2D eigenvalue weighted by Crippen LogP contribution is -2.34. The molecule has 4 N–H and O–H groups in total. The minimum absolute atomic E-state index is 0.105. The summed E-state index contributed by atoms with van der Waals surface area (Å²) in [6.07, 6.45) is 9.74. The van der Waals surface area contributed by atoms with E-state index in [9.17, 15) is 0 Å². The van der Waals surface area contributed by atoms with E-state index in [0.29, 0.717) is 0 Å². The van der Waals surface area contributed by atoms with E-state index in [1.54, 1.807) is 12.4 Å². The molecule has 0 radical (unpaired) electrons. The molecule has 0 saturated carbocycles. The predicted octanol–water partition coefficient (Wildman–Crippen LogP) is 0.229. The summed E-state index contributed by atoms with van der Waals surface area (Å²) in [6.45, 7) is 0.841. The fourth-order valence-corrected chi connectivity index (χ4v) is 1.98. The van der Waals surface area contributed by atoms with Gasteiger partial charge in [-0.05, 0) is 35.5 Å². The Morgan fingerprint density at radius 2 is 2.24 bits per heavy atom. The number of nitrogens with two attached hydrogens (primary N) is 1. The van der Waals surface area contributed by atoms with Crippen molar-refractivity contribution in [1.29, 1.82) is 0 Å². The van der Waals surface area contributed by atoms with Crippen LogP contribution in [0.25, 0.3) is 0 Å². The molecule has 1 aromatic rings. The highest BCUT2D eigenvalue weighted by Gasteiger charge is 2.39. The van der Waals surface area contributed by atoms with E-state index in [0.717, 1.165) is 12.1 Å². The van der Waals surface area contributed by atoms with Crippen molar-refractivity contribution in [2.45, 2.75) is 12.3 Å². The summed E-state index contributed by atoms with van der Waals surface area (Å²) < 4.78 is 0. The molecule has 3 rings (SSSR count). The maximum absolute atomic E-state index is 6.18. The summed E-state index contributed by atoms with van der Waals surface area (Å²) >= 11 is 0. The van der Waals surface area contributed by atoms with Gasteiger partial charge in [0.1, 0.15) is 6.17 Å². The van der Waals surface area contributed by atoms with E-state index in [-0.39, 0.29) is 12.3 Å². The molecule has 0 aromatic carbocycles. The third kappa shape index (κ3) is 2.08. The largest absolute Gasteiger partial charge is 0.387 e. The van der Waals surface area contributed by atoms with E-state index in [1.807, 2.05) is 29.4 Å². The Morgan fingerprint density at radius 3 is 2.94 bits per heavy atom. The maximum Gasteiger partial charge on any atom is 0.114 e. The van der Waals surface area contributed by atoms with Crippen molar-refractivity contribution in [3.05, 3.63) is 54.0 Å². The van der Waals surface area contributed by atoms with Gasteiger partial charge in [-0.2, -0.15) is 5.01 Å². The topological polar surface area (TPSA) is 75.9 Å². The van der Waals surface area contributed by atoms with E-state index in [2.05, 4.69) is 21.8 Å². The molecule has 5 heteroatoms.